The maximum Gasteiger partial charge on any atom is 0.222 e. The zero-order valence-corrected chi connectivity index (χ0v) is 17.5. The van der Waals surface area contributed by atoms with Crippen LogP contribution in [0.5, 0.6) is 0 Å². The first kappa shape index (κ1) is 20.3. The van der Waals surface area contributed by atoms with E-state index in [0.717, 1.165) is 61.2 Å². The van der Waals surface area contributed by atoms with Crippen LogP contribution >= 0.6 is 11.3 Å². The number of thiazole rings is 1. The number of nitrogens with zero attached hydrogens (tertiary/aromatic N) is 3. The van der Waals surface area contributed by atoms with Crippen LogP contribution in [0, 0.1) is 6.92 Å². The van der Waals surface area contributed by atoms with Crippen LogP contribution in [0.3, 0.4) is 0 Å². The molecule has 0 saturated carbocycles. The van der Waals surface area contributed by atoms with Gasteiger partial charge in [0.05, 0.1) is 12.2 Å². The molecule has 1 amide bonds. The van der Waals surface area contributed by atoms with Gasteiger partial charge in [0.15, 0.2) is 5.96 Å². The second-order valence-corrected chi connectivity index (χ2v) is 7.94. The van der Waals surface area contributed by atoms with Gasteiger partial charge in [-0.25, -0.2) is 9.98 Å². The summed E-state index contributed by atoms with van der Waals surface area (Å²) in [5.41, 5.74) is 2.18. The van der Waals surface area contributed by atoms with Crippen molar-refractivity contribution in [1.82, 2.24) is 20.5 Å². The van der Waals surface area contributed by atoms with Gasteiger partial charge in [-0.15, -0.1) is 11.3 Å². The van der Waals surface area contributed by atoms with Crippen molar-refractivity contribution in [2.45, 2.75) is 39.7 Å². The number of likely N-dealkylation sites (tertiary alicyclic amines) is 1. The zero-order valence-electron chi connectivity index (χ0n) is 16.7. The van der Waals surface area contributed by atoms with Gasteiger partial charge in [0, 0.05) is 43.0 Å². The van der Waals surface area contributed by atoms with Crippen molar-refractivity contribution in [3.8, 4) is 10.6 Å². The van der Waals surface area contributed by atoms with Gasteiger partial charge in [0.2, 0.25) is 5.91 Å². The van der Waals surface area contributed by atoms with Gasteiger partial charge in [-0.3, -0.25) is 4.79 Å². The highest BCUT2D eigenvalue weighted by molar-refractivity contribution is 7.15. The van der Waals surface area contributed by atoms with E-state index in [1.54, 1.807) is 11.3 Å². The Balaban J connectivity index is 1.53. The minimum atomic E-state index is 0.287. The van der Waals surface area contributed by atoms with Crippen molar-refractivity contribution in [2.24, 2.45) is 4.99 Å². The Hall–Kier alpha value is -2.41. The molecule has 7 heteroatoms. The Morgan fingerprint density at radius 2 is 2.11 bits per heavy atom. The number of aryl methyl sites for hydroxylation is 1. The van der Waals surface area contributed by atoms with Crippen LogP contribution in [0.4, 0.5) is 0 Å². The van der Waals surface area contributed by atoms with Crippen LogP contribution < -0.4 is 10.6 Å². The van der Waals surface area contributed by atoms with Gasteiger partial charge in [-0.1, -0.05) is 30.3 Å². The maximum atomic E-state index is 11.7. The van der Waals surface area contributed by atoms with E-state index in [9.17, 15) is 4.79 Å². The number of rotatable bonds is 8. The summed E-state index contributed by atoms with van der Waals surface area (Å²) in [5.74, 6) is 1.10. The maximum absolute atomic E-state index is 11.7. The minimum Gasteiger partial charge on any atom is -0.357 e. The van der Waals surface area contributed by atoms with Crippen molar-refractivity contribution in [3.05, 3.63) is 40.9 Å². The lowest BCUT2D eigenvalue weighted by Gasteiger charge is -2.16. The quantitative estimate of drug-likeness (QED) is 0.406. The summed E-state index contributed by atoms with van der Waals surface area (Å²) in [4.78, 5) is 24.2. The highest BCUT2D eigenvalue weighted by Gasteiger charge is 2.18. The summed E-state index contributed by atoms with van der Waals surface area (Å²) in [6.07, 6.45) is 2.63. The lowest BCUT2D eigenvalue weighted by atomic mass is 10.2. The Kier molecular flexibility index (Phi) is 7.42. The predicted molar refractivity (Wildman–Crippen MR) is 116 cm³/mol. The third-order valence-corrected chi connectivity index (χ3v) is 5.90. The van der Waals surface area contributed by atoms with Crippen LogP contribution in [0.15, 0.2) is 35.3 Å². The first-order valence-electron chi connectivity index (χ1n) is 9.99. The molecule has 1 aliphatic heterocycles. The highest BCUT2D eigenvalue weighted by Crippen LogP contribution is 2.28. The van der Waals surface area contributed by atoms with E-state index in [4.69, 9.17) is 9.98 Å². The number of carbonyl (C=O) groups excluding carboxylic acids is 1. The highest BCUT2D eigenvalue weighted by atomic mass is 32.1. The van der Waals surface area contributed by atoms with E-state index in [0.29, 0.717) is 13.0 Å². The fraction of sp³-hybridized carbons (Fsp3) is 0.476. The molecule has 0 spiro atoms. The van der Waals surface area contributed by atoms with Gasteiger partial charge in [-0.05, 0) is 26.7 Å². The standard InChI is InChI=1S/C21H29N5OS/c1-3-22-21(23-12-8-14-26-13-7-11-19(26)27)24-15-18-16(2)25-20(28-18)17-9-5-4-6-10-17/h4-6,9-10H,3,7-8,11-15H2,1-2H3,(H2,22,23,24). The zero-order chi connectivity index (χ0) is 19.8. The van der Waals surface area contributed by atoms with Crippen LogP contribution in [-0.2, 0) is 11.3 Å². The summed E-state index contributed by atoms with van der Waals surface area (Å²) in [7, 11) is 0. The number of hydrogen-bond acceptors (Lipinski definition) is 4. The second-order valence-electron chi connectivity index (χ2n) is 6.85. The third kappa shape index (κ3) is 5.55. The molecule has 0 atom stereocenters. The van der Waals surface area contributed by atoms with Gasteiger partial charge in [-0.2, -0.15) is 0 Å². The number of hydrogen-bond donors (Lipinski definition) is 2. The van der Waals surface area contributed by atoms with E-state index in [2.05, 4.69) is 29.7 Å². The van der Waals surface area contributed by atoms with E-state index in [-0.39, 0.29) is 5.91 Å². The molecule has 0 unspecified atom stereocenters. The summed E-state index contributed by atoms with van der Waals surface area (Å²) in [6.45, 7) is 8.05. The lowest BCUT2D eigenvalue weighted by molar-refractivity contribution is -0.127. The van der Waals surface area contributed by atoms with Crippen LogP contribution in [-0.4, -0.2) is 47.9 Å². The summed E-state index contributed by atoms with van der Waals surface area (Å²) in [6, 6.07) is 10.3. The van der Waals surface area contributed by atoms with Crippen molar-refractivity contribution in [2.75, 3.05) is 26.2 Å². The molecule has 150 valence electrons. The van der Waals surface area contributed by atoms with Crippen molar-refractivity contribution in [3.63, 3.8) is 0 Å². The average molecular weight is 400 g/mol. The molecule has 6 nitrogen and oxygen atoms in total. The molecule has 1 saturated heterocycles. The summed E-state index contributed by atoms with van der Waals surface area (Å²) >= 11 is 1.70. The molecule has 2 aromatic rings. The van der Waals surface area contributed by atoms with Crippen LogP contribution in [0.25, 0.3) is 10.6 Å². The Labute approximate surface area is 171 Å². The Bertz CT molecular complexity index is 802. The Morgan fingerprint density at radius 3 is 2.82 bits per heavy atom. The largest absolute Gasteiger partial charge is 0.357 e. The third-order valence-electron chi connectivity index (χ3n) is 4.71. The van der Waals surface area contributed by atoms with Crippen molar-refractivity contribution >= 4 is 23.2 Å². The number of aromatic nitrogens is 1. The SMILES string of the molecule is CCNC(=NCc1sc(-c2ccccc2)nc1C)NCCCN1CCCC1=O. The molecule has 0 radical (unpaired) electrons. The van der Waals surface area contributed by atoms with E-state index in [1.165, 1.54) is 4.88 Å². The minimum absolute atomic E-state index is 0.287. The lowest BCUT2D eigenvalue weighted by Crippen LogP contribution is -2.39. The first-order valence-corrected chi connectivity index (χ1v) is 10.8. The predicted octanol–water partition coefficient (Wildman–Crippen LogP) is 3.19. The average Bonchev–Trinajstić information content (AvgIpc) is 3.29. The molecule has 1 aliphatic rings. The van der Waals surface area contributed by atoms with Gasteiger partial charge >= 0.3 is 0 Å². The molecule has 2 N–H and O–H groups in total. The van der Waals surface area contributed by atoms with Gasteiger partial charge < -0.3 is 15.5 Å². The molecular formula is C21H29N5OS. The Morgan fingerprint density at radius 1 is 1.29 bits per heavy atom. The molecule has 1 fully saturated rings. The molecule has 3 rings (SSSR count). The first-order chi connectivity index (χ1) is 13.7. The number of amides is 1. The molecule has 28 heavy (non-hydrogen) atoms. The summed E-state index contributed by atoms with van der Waals surface area (Å²) in [5, 5.41) is 7.70. The number of guanidine groups is 1. The van der Waals surface area contributed by atoms with Gasteiger partial charge in [0.25, 0.3) is 0 Å². The van der Waals surface area contributed by atoms with Crippen LogP contribution in [0.2, 0.25) is 0 Å². The summed E-state index contributed by atoms with van der Waals surface area (Å²) < 4.78 is 0. The molecular weight excluding hydrogens is 370 g/mol. The smallest absolute Gasteiger partial charge is 0.222 e. The normalized spacial score (nSPS) is 14.6. The topological polar surface area (TPSA) is 69.6 Å². The van der Waals surface area contributed by atoms with Crippen molar-refractivity contribution < 1.29 is 4.79 Å². The number of carbonyl (C=O) groups is 1. The monoisotopic (exact) mass is 399 g/mol. The fourth-order valence-electron chi connectivity index (χ4n) is 3.19. The van der Waals surface area contributed by atoms with Crippen LogP contribution in [0.1, 0.15) is 36.8 Å². The molecule has 0 aliphatic carbocycles. The van der Waals surface area contributed by atoms with E-state index < -0.39 is 0 Å². The molecule has 2 heterocycles. The number of nitrogens with one attached hydrogen (secondary N) is 2. The molecule has 0 bridgehead atoms. The van der Waals surface area contributed by atoms with Crippen molar-refractivity contribution in [1.29, 1.82) is 0 Å². The fourth-order valence-corrected chi connectivity index (χ4v) is 4.18. The number of aliphatic imine (C=N–C) groups is 1. The van der Waals surface area contributed by atoms with E-state index in [1.807, 2.05) is 30.0 Å². The molecule has 1 aromatic carbocycles. The van der Waals surface area contributed by atoms with Gasteiger partial charge in [0.1, 0.15) is 5.01 Å². The van der Waals surface area contributed by atoms with E-state index >= 15 is 0 Å². The second kappa shape index (κ2) is 10.2. The number of benzene rings is 1. The molecule has 1 aromatic heterocycles.